The largest absolute Gasteiger partial charge is 0.491 e. The normalized spacial score (nSPS) is 12.0. The lowest BCUT2D eigenvalue weighted by atomic mass is 10.1. The van der Waals surface area contributed by atoms with Crippen LogP contribution >= 0.6 is 0 Å². The first-order valence-corrected chi connectivity index (χ1v) is 8.35. The van der Waals surface area contributed by atoms with Crippen molar-refractivity contribution in [2.45, 2.75) is 46.3 Å². The van der Waals surface area contributed by atoms with Crippen LogP contribution in [0.25, 0.3) is 0 Å². The fourth-order valence-electron chi connectivity index (χ4n) is 2.65. The smallest absolute Gasteiger partial charge is 0.312 e. The Hall–Kier alpha value is -2.74. The Morgan fingerprint density at radius 1 is 1.35 bits per heavy atom. The van der Waals surface area contributed by atoms with E-state index in [9.17, 15) is 20.0 Å². The molecular weight excluding hydrogens is 338 g/mol. The van der Waals surface area contributed by atoms with Crippen molar-refractivity contribution in [3.05, 3.63) is 51.3 Å². The summed E-state index contributed by atoms with van der Waals surface area (Å²) in [5, 5.41) is 25.2. The molecule has 0 fully saturated rings. The highest BCUT2D eigenvalue weighted by molar-refractivity contribution is 5.75. The number of rotatable bonds is 9. The van der Waals surface area contributed by atoms with Gasteiger partial charge in [-0.2, -0.15) is 5.10 Å². The molecule has 0 radical (unpaired) electrons. The maximum absolute atomic E-state index is 11.0. The number of nitro groups is 1. The van der Waals surface area contributed by atoms with Gasteiger partial charge in [-0.3, -0.25) is 14.8 Å². The molecule has 0 aliphatic heterocycles. The minimum atomic E-state index is -0.856. The highest BCUT2D eigenvalue weighted by atomic mass is 16.6. The molecule has 0 aliphatic carbocycles. The van der Waals surface area contributed by atoms with Gasteiger partial charge in [-0.15, -0.1) is 0 Å². The Morgan fingerprint density at radius 3 is 2.54 bits per heavy atom. The average Bonchev–Trinajstić information content (AvgIpc) is 2.85. The molecule has 0 aliphatic rings. The topological polar surface area (TPSA) is 107 Å². The Morgan fingerprint density at radius 2 is 2.00 bits per heavy atom. The number of carbonyl (C=O) groups excluding carboxylic acids is 1. The number of benzene rings is 1. The third-order valence-electron chi connectivity index (χ3n) is 4.04. The Balaban J connectivity index is 1.89. The lowest BCUT2D eigenvalue weighted by Gasteiger charge is -2.13. The number of aliphatic hydroxyl groups is 1. The number of carbonyl (C=O) groups is 1. The first kappa shape index (κ1) is 19.6. The zero-order valence-electron chi connectivity index (χ0n) is 15.1. The van der Waals surface area contributed by atoms with E-state index in [1.807, 2.05) is 12.1 Å². The van der Waals surface area contributed by atoms with Crippen LogP contribution in [-0.2, 0) is 17.8 Å². The van der Waals surface area contributed by atoms with Crippen LogP contribution in [0.3, 0.4) is 0 Å². The fourth-order valence-corrected chi connectivity index (χ4v) is 2.65. The van der Waals surface area contributed by atoms with E-state index in [0.29, 0.717) is 30.0 Å². The van der Waals surface area contributed by atoms with Crippen LogP contribution in [0.15, 0.2) is 24.3 Å². The summed E-state index contributed by atoms with van der Waals surface area (Å²) in [6.07, 6.45) is 0.341. The number of ketones is 1. The maximum Gasteiger partial charge on any atom is 0.312 e. The van der Waals surface area contributed by atoms with Crippen LogP contribution in [0.5, 0.6) is 5.75 Å². The summed E-state index contributed by atoms with van der Waals surface area (Å²) in [4.78, 5) is 21.5. The number of hydrogen-bond donors (Lipinski definition) is 1. The van der Waals surface area contributed by atoms with Gasteiger partial charge in [0.15, 0.2) is 0 Å². The van der Waals surface area contributed by atoms with Crippen molar-refractivity contribution in [3.63, 3.8) is 0 Å². The highest BCUT2D eigenvalue weighted by Crippen LogP contribution is 2.22. The van der Waals surface area contributed by atoms with Crippen LogP contribution in [-0.4, -0.2) is 38.3 Å². The zero-order chi connectivity index (χ0) is 19.3. The second kappa shape index (κ2) is 8.57. The summed E-state index contributed by atoms with van der Waals surface area (Å²) >= 11 is 0. The SMILES string of the molecule is CC(=O)CCc1ccc(OCC(O)Cn2nc(C)c([N+](=O)[O-])c2C)cc1. The van der Waals surface area contributed by atoms with E-state index in [1.54, 1.807) is 32.9 Å². The van der Waals surface area contributed by atoms with Gasteiger partial charge in [0.05, 0.1) is 11.5 Å². The molecule has 140 valence electrons. The zero-order valence-corrected chi connectivity index (χ0v) is 15.1. The number of aryl methyl sites for hydroxylation is 2. The van der Waals surface area contributed by atoms with Gasteiger partial charge in [-0.05, 0) is 44.9 Å². The van der Waals surface area contributed by atoms with Crippen LogP contribution < -0.4 is 4.74 Å². The van der Waals surface area contributed by atoms with E-state index in [0.717, 1.165) is 5.56 Å². The third kappa shape index (κ3) is 5.13. The Kier molecular flexibility index (Phi) is 6.46. The number of aliphatic hydroxyl groups excluding tert-OH is 1. The molecule has 1 unspecified atom stereocenters. The molecule has 1 N–H and O–H groups in total. The van der Waals surface area contributed by atoms with Crippen molar-refractivity contribution in [1.29, 1.82) is 0 Å². The lowest BCUT2D eigenvalue weighted by Crippen LogP contribution is -2.24. The minimum Gasteiger partial charge on any atom is -0.491 e. The number of nitrogens with zero attached hydrogens (tertiary/aromatic N) is 3. The summed E-state index contributed by atoms with van der Waals surface area (Å²) in [5.74, 6) is 0.757. The van der Waals surface area contributed by atoms with E-state index >= 15 is 0 Å². The molecular formula is C18H23N3O5. The molecule has 0 saturated carbocycles. The monoisotopic (exact) mass is 361 g/mol. The van der Waals surface area contributed by atoms with Gasteiger partial charge >= 0.3 is 5.69 Å². The molecule has 26 heavy (non-hydrogen) atoms. The predicted octanol–water partition coefficient (Wildman–Crippen LogP) is 2.37. The van der Waals surface area contributed by atoms with Gasteiger partial charge in [0.1, 0.15) is 35.6 Å². The standard InChI is InChI=1S/C18H23N3O5/c1-12(22)4-5-15-6-8-17(9-7-15)26-11-16(23)10-20-14(3)18(21(24)25)13(2)19-20/h6-9,16,23H,4-5,10-11H2,1-3H3. The Labute approximate surface area is 151 Å². The summed E-state index contributed by atoms with van der Waals surface area (Å²) in [6, 6.07) is 7.34. The predicted molar refractivity (Wildman–Crippen MR) is 95.3 cm³/mol. The van der Waals surface area contributed by atoms with Gasteiger partial charge < -0.3 is 14.6 Å². The fraction of sp³-hybridized carbons (Fsp3) is 0.444. The van der Waals surface area contributed by atoms with Gasteiger partial charge in [0.25, 0.3) is 0 Å². The van der Waals surface area contributed by atoms with Gasteiger partial charge in [-0.1, -0.05) is 12.1 Å². The maximum atomic E-state index is 11.0. The first-order valence-electron chi connectivity index (χ1n) is 8.35. The van der Waals surface area contributed by atoms with Crippen molar-refractivity contribution in [2.24, 2.45) is 0 Å². The molecule has 0 bridgehead atoms. The van der Waals surface area contributed by atoms with Crippen molar-refractivity contribution in [3.8, 4) is 5.75 Å². The molecule has 1 heterocycles. The highest BCUT2D eigenvalue weighted by Gasteiger charge is 2.22. The molecule has 0 saturated heterocycles. The molecule has 0 spiro atoms. The Bertz CT molecular complexity index is 783. The average molecular weight is 361 g/mol. The van der Waals surface area contributed by atoms with E-state index in [-0.39, 0.29) is 24.6 Å². The van der Waals surface area contributed by atoms with Gasteiger partial charge in [-0.25, -0.2) is 0 Å². The second-order valence-corrected chi connectivity index (χ2v) is 6.27. The van der Waals surface area contributed by atoms with Crippen molar-refractivity contribution < 1.29 is 19.6 Å². The van der Waals surface area contributed by atoms with Crippen molar-refractivity contribution >= 4 is 11.5 Å². The summed E-state index contributed by atoms with van der Waals surface area (Å²) in [6.45, 7) is 4.89. The molecule has 8 nitrogen and oxygen atoms in total. The van der Waals surface area contributed by atoms with Crippen LogP contribution in [0.2, 0.25) is 0 Å². The van der Waals surface area contributed by atoms with Crippen LogP contribution in [0.1, 0.15) is 30.3 Å². The third-order valence-corrected chi connectivity index (χ3v) is 4.04. The molecule has 2 aromatic rings. The molecule has 1 aromatic carbocycles. The summed E-state index contributed by atoms with van der Waals surface area (Å²) < 4.78 is 6.98. The molecule has 0 amide bonds. The lowest BCUT2D eigenvalue weighted by molar-refractivity contribution is -0.386. The van der Waals surface area contributed by atoms with Crippen LogP contribution in [0.4, 0.5) is 5.69 Å². The molecule has 1 atom stereocenters. The first-order chi connectivity index (χ1) is 12.3. The number of aromatic nitrogens is 2. The van der Waals surface area contributed by atoms with Gasteiger partial charge in [0, 0.05) is 6.42 Å². The van der Waals surface area contributed by atoms with E-state index in [4.69, 9.17) is 4.74 Å². The quantitative estimate of drug-likeness (QED) is 0.543. The number of hydrogen-bond acceptors (Lipinski definition) is 6. The molecule has 2 rings (SSSR count). The number of Topliss-reactive ketones (excluding diaryl/α,β-unsaturated/α-hetero) is 1. The van der Waals surface area contributed by atoms with Crippen molar-refractivity contribution in [2.75, 3.05) is 6.61 Å². The summed E-state index contributed by atoms with van der Waals surface area (Å²) in [7, 11) is 0. The molecule has 1 aromatic heterocycles. The summed E-state index contributed by atoms with van der Waals surface area (Å²) in [5.41, 5.74) is 1.74. The van der Waals surface area contributed by atoms with E-state index in [1.165, 1.54) is 4.68 Å². The van der Waals surface area contributed by atoms with E-state index < -0.39 is 11.0 Å². The van der Waals surface area contributed by atoms with Crippen LogP contribution in [0, 0.1) is 24.0 Å². The second-order valence-electron chi connectivity index (χ2n) is 6.27. The molecule has 8 heteroatoms. The van der Waals surface area contributed by atoms with Crippen molar-refractivity contribution in [1.82, 2.24) is 9.78 Å². The number of ether oxygens (including phenoxy) is 1. The van der Waals surface area contributed by atoms with E-state index in [2.05, 4.69) is 5.10 Å². The minimum absolute atomic E-state index is 0.0285. The van der Waals surface area contributed by atoms with Gasteiger partial charge in [0.2, 0.25) is 0 Å².